The number of rotatable bonds is 3. The van der Waals surface area contributed by atoms with Gasteiger partial charge in [-0.2, -0.15) is 12.6 Å². The fraction of sp³-hybridized carbons (Fsp3) is 0.375. The second kappa shape index (κ2) is 4.21. The van der Waals surface area contributed by atoms with Crippen LogP contribution in [0.3, 0.4) is 0 Å². The number of hydrogen-bond acceptors (Lipinski definition) is 3. The number of amides is 1. The molecule has 0 radical (unpaired) electrons. The van der Waals surface area contributed by atoms with Gasteiger partial charge in [0.25, 0.3) is 0 Å². The molecule has 0 saturated heterocycles. The van der Waals surface area contributed by atoms with Gasteiger partial charge in [-0.15, -0.1) is 0 Å². The maximum absolute atomic E-state index is 11.0. The molecule has 4 heteroatoms. The van der Waals surface area contributed by atoms with Crippen molar-refractivity contribution in [1.82, 2.24) is 0 Å². The van der Waals surface area contributed by atoms with E-state index in [1.807, 2.05) is 6.92 Å². The summed E-state index contributed by atoms with van der Waals surface area (Å²) in [5.74, 6) is 1.76. The lowest BCUT2D eigenvalue weighted by molar-refractivity contribution is -0.115. The molecule has 1 aromatic rings. The highest BCUT2D eigenvalue weighted by Gasteiger charge is 2.02. The van der Waals surface area contributed by atoms with Gasteiger partial charge in [0, 0.05) is 12.5 Å². The first kappa shape index (κ1) is 9.19. The lowest BCUT2D eigenvalue weighted by Crippen LogP contribution is -2.10. The topological polar surface area (TPSA) is 42.2 Å². The number of aryl methyl sites for hydroxylation is 1. The third-order valence-corrected chi connectivity index (χ3v) is 1.57. The standard InChI is InChI=1S/C8H11NO2S/c1-6-2-3-8(11-6)9-7(10)4-5-12/h2-3,12H,4-5H2,1H3,(H,9,10). The summed E-state index contributed by atoms with van der Waals surface area (Å²) in [6, 6.07) is 3.53. The fourth-order valence-corrected chi connectivity index (χ4v) is 1.01. The first-order valence-electron chi connectivity index (χ1n) is 3.69. The Bertz CT molecular complexity index is 270. The Morgan fingerprint density at radius 3 is 2.92 bits per heavy atom. The van der Waals surface area contributed by atoms with Crippen molar-refractivity contribution in [2.75, 3.05) is 11.1 Å². The molecule has 3 nitrogen and oxygen atoms in total. The molecule has 0 aromatic carbocycles. The van der Waals surface area contributed by atoms with Crippen molar-refractivity contribution in [2.45, 2.75) is 13.3 Å². The SMILES string of the molecule is Cc1ccc(NC(=O)CCS)o1. The average molecular weight is 185 g/mol. The van der Waals surface area contributed by atoms with E-state index in [9.17, 15) is 4.79 Å². The molecule has 1 N–H and O–H groups in total. The third kappa shape index (κ3) is 2.62. The first-order chi connectivity index (χ1) is 5.72. The molecule has 1 amide bonds. The van der Waals surface area contributed by atoms with E-state index < -0.39 is 0 Å². The van der Waals surface area contributed by atoms with Crippen molar-refractivity contribution >= 4 is 24.4 Å². The van der Waals surface area contributed by atoms with Gasteiger partial charge in [-0.3, -0.25) is 10.1 Å². The van der Waals surface area contributed by atoms with Gasteiger partial charge in [0.15, 0.2) is 5.88 Å². The monoisotopic (exact) mass is 185 g/mol. The summed E-state index contributed by atoms with van der Waals surface area (Å²) in [5, 5.41) is 2.61. The summed E-state index contributed by atoms with van der Waals surface area (Å²) in [7, 11) is 0. The van der Waals surface area contributed by atoms with E-state index >= 15 is 0 Å². The summed E-state index contributed by atoms with van der Waals surface area (Å²) in [6.07, 6.45) is 0.406. The van der Waals surface area contributed by atoms with Crippen molar-refractivity contribution in [1.29, 1.82) is 0 Å². The highest BCUT2D eigenvalue weighted by atomic mass is 32.1. The van der Waals surface area contributed by atoms with Crippen molar-refractivity contribution in [3.63, 3.8) is 0 Å². The minimum atomic E-state index is -0.0700. The van der Waals surface area contributed by atoms with E-state index in [-0.39, 0.29) is 5.91 Å². The lowest BCUT2D eigenvalue weighted by atomic mass is 10.4. The normalized spacial score (nSPS) is 9.83. The Hall–Kier alpha value is -0.900. The number of anilines is 1. The average Bonchev–Trinajstić information content (AvgIpc) is 2.36. The van der Waals surface area contributed by atoms with Crippen LogP contribution in [0, 0.1) is 6.92 Å². The highest BCUT2D eigenvalue weighted by molar-refractivity contribution is 7.80. The molecule has 0 fully saturated rings. The Labute approximate surface area is 76.6 Å². The van der Waals surface area contributed by atoms with E-state index in [1.165, 1.54) is 0 Å². The smallest absolute Gasteiger partial charge is 0.227 e. The van der Waals surface area contributed by atoms with Gasteiger partial charge in [-0.05, 0) is 18.7 Å². The molecule has 0 saturated carbocycles. The second-order valence-corrected chi connectivity index (χ2v) is 2.88. The van der Waals surface area contributed by atoms with Crippen LogP contribution in [0.2, 0.25) is 0 Å². The highest BCUT2D eigenvalue weighted by Crippen LogP contribution is 2.11. The van der Waals surface area contributed by atoms with Gasteiger partial charge in [0.2, 0.25) is 5.91 Å². The fourth-order valence-electron chi connectivity index (χ4n) is 0.803. The van der Waals surface area contributed by atoms with Crippen LogP contribution < -0.4 is 5.32 Å². The van der Waals surface area contributed by atoms with Gasteiger partial charge >= 0.3 is 0 Å². The van der Waals surface area contributed by atoms with Crippen molar-refractivity contribution in [2.24, 2.45) is 0 Å². The molecule has 1 heterocycles. The molecular weight excluding hydrogens is 174 g/mol. The van der Waals surface area contributed by atoms with Crippen LogP contribution in [0.25, 0.3) is 0 Å². The maximum Gasteiger partial charge on any atom is 0.227 e. The zero-order valence-electron chi connectivity index (χ0n) is 6.83. The lowest BCUT2D eigenvalue weighted by Gasteiger charge is -1.98. The van der Waals surface area contributed by atoms with E-state index in [0.29, 0.717) is 18.1 Å². The number of carbonyl (C=O) groups excluding carboxylic acids is 1. The van der Waals surface area contributed by atoms with Crippen molar-refractivity contribution in [3.05, 3.63) is 17.9 Å². The molecule has 0 atom stereocenters. The van der Waals surface area contributed by atoms with E-state index in [1.54, 1.807) is 12.1 Å². The van der Waals surface area contributed by atoms with Gasteiger partial charge in [-0.25, -0.2) is 0 Å². The zero-order chi connectivity index (χ0) is 8.97. The molecule has 1 aromatic heterocycles. The van der Waals surface area contributed by atoms with Crippen LogP contribution in [0.5, 0.6) is 0 Å². The minimum absolute atomic E-state index is 0.0700. The van der Waals surface area contributed by atoms with Crippen LogP contribution in [0.4, 0.5) is 5.88 Å². The van der Waals surface area contributed by atoms with Crippen LogP contribution in [0.1, 0.15) is 12.2 Å². The summed E-state index contributed by atoms with van der Waals surface area (Å²) in [6.45, 7) is 1.83. The molecule has 0 aliphatic heterocycles. The molecular formula is C8H11NO2S. The molecule has 66 valence electrons. The van der Waals surface area contributed by atoms with E-state index in [0.717, 1.165) is 5.76 Å². The van der Waals surface area contributed by atoms with Gasteiger partial charge < -0.3 is 4.42 Å². The molecule has 0 bridgehead atoms. The number of nitrogens with one attached hydrogen (secondary N) is 1. The molecule has 12 heavy (non-hydrogen) atoms. The predicted octanol–water partition coefficient (Wildman–Crippen LogP) is 1.85. The largest absolute Gasteiger partial charge is 0.446 e. The number of thiol groups is 1. The summed E-state index contributed by atoms with van der Waals surface area (Å²) in [4.78, 5) is 11.0. The molecule has 1 rings (SSSR count). The minimum Gasteiger partial charge on any atom is -0.446 e. The molecule has 0 unspecified atom stereocenters. The summed E-state index contributed by atoms with van der Waals surface area (Å²) in [5.41, 5.74) is 0. The quantitative estimate of drug-likeness (QED) is 0.706. The molecule has 0 aliphatic rings. The Kier molecular flexibility index (Phi) is 3.22. The Morgan fingerprint density at radius 2 is 2.42 bits per heavy atom. The van der Waals surface area contributed by atoms with Crippen LogP contribution >= 0.6 is 12.6 Å². The van der Waals surface area contributed by atoms with Gasteiger partial charge in [-0.1, -0.05) is 0 Å². The number of carbonyl (C=O) groups is 1. The maximum atomic E-state index is 11.0. The second-order valence-electron chi connectivity index (χ2n) is 2.43. The number of hydrogen-bond donors (Lipinski definition) is 2. The van der Waals surface area contributed by atoms with E-state index in [2.05, 4.69) is 17.9 Å². The van der Waals surface area contributed by atoms with Gasteiger partial charge in [0.1, 0.15) is 5.76 Å². The van der Waals surface area contributed by atoms with Crippen molar-refractivity contribution < 1.29 is 9.21 Å². The third-order valence-electron chi connectivity index (χ3n) is 1.34. The van der Waals surface area contributed by atoms with Crippen LogP contribution in [-0.4, -0.2) is 11.7 Å². The van der Waals surface area contributed by atoms with Gasteiger partial charge in [0.05, 0.1) is 0 Å². The summed E-state index contributed by atoms with van der Waals surface area (Å²) < 4.78 is 5.14. The Morgan fingerprint density at radius 1 is 1.67 bits per heavy atom. The molecule has 0 aliphatic carbocycles. The molecule has 0 spiro atoms. The van der Waals surface area contributed by atoms with Crippen LogP contribution in [-0.2, 0) is 4.79 Å². The Balaban J connectivity index is 2.46. The first-order valence-corrected chi connectivity index (χ1v) is 4.33. The number of furan rings is 1. The predicted molar refractivity (Wildman–Crippen MR) is 50.5 cm³/mol. The summed E-state index contributed by atoms with van der Waals surface area (Å²) >= 11 is 3.94. The van der Waals surface area contributed by atoms with Crippen LogP contribution in [0.15, 0.2) is 16.5 Å². The van der Waals surface area contributed by atoms with Crippen molar-refractivity contribution in [3.8, 4) is 0 Å². The van der Waals surface area contributed by atoms with E-state index in [4.69, 9.17) is 4.42 Å². The zero-order valence-corrected chi connectivity index (χ0v) is 7.73.